The van der Waals surface area contributed by atoms with Crippen LogP contribution in [-0.2, 0) is 4.79 Å². The van der Waals surface area contributed by atoms with Crippen LogP contribution in [0.3, 0.4) is 0 Å². The van der Waals surface area contributed by atoms with Crippen LogP contribution in [0.5, 0.6) is 0 Å². The van der Waals surface area contributed by atoms with Gasteiger partial charge in [0.1, 0.15) is 0 Å². The van der Waals surface area contributed by atoms with Crippen LogP contribution in [-0.4, -0.2) is 18.2 Å². The Hall–Kier alpha value is -1.32. The van der Waals surface area contributed by atoms with Gasteiger partial charge in [-0.2, -0.15) is 0 Å². The van der Waals surface area contributed by atoms with Crippen molar-refractivity contribution < 1.29 is 4.79 Å². The van der Waals surface area contributed by atoms with Crippen LogP contribution in [0.4, 0.5) is 0 Å². The molecule has 0 spiro atoms. The van der Waals surface area contributed by atoms with Crippen molar-refractivity contribution in [2.75, 3.05) is 0 Å². The first-order valence-electron chi connectivity index (χ1n) is 4.99. The normalized spacial score (nSPS) is 20.1. The highest BCUT2D eigenvalue weighted by atomic mass is 16.1. The largest absolute Gasteiger partial charge is 0.404 e. The van der Waals surface area contributed by atoms with Gasteiger partial charge in [-0.05, 0) is 12.8 Å². The summed E-state index contributed by atoms with van der Waals surface area (Å²) in [6.45, 7) is 0. The molecule has 1 amide bonds. The van der Waals surface area contributed by atoms with Crippen LogP contribution in [0.25, 0.3) is 0 Å². The van der Waals surface area contributed by atoms with Crippen LogP contribution in [0.15, 0.2) is 16.8 Å². The SMILES string of the molecule is NC=C(C=NC1CCCCC1)C(N)=O. The molecule has 1 rings (SSSR count). The molecule has 0 saturated heterocycles. The van der Waals surface area contributed by atoms with Crippen molar-refractivity contribution in [3.8, 4) is 0 Å². The second kappa shape index (κ2) is 5.42. The minimum atomic E-state index is -0.521. The average molecular weight is 195 g/mol. The number of amides is 1. The van der Waals surface area contributed by atoms with E-state index in [2.05, 4.69) is 4.99 Å². The van der Waals surface area contributed by atoms with Crippen molar-refractivity contribution in [2.45, 2.75) is 38.1 Å². The molecule has 1 fully saturated rings. The van der Waals surface area contributed by atoms with E-state index in [4.69, 9.17) is 11.5 Å². The Morgan fingerprint density at radius 2 is 1.93 bits per heavy atom. The van der Waals surface area contributed by atoms with E-state index in [-0.39, 0.29) is 5.57 Å². The molecule has 0 bridgehead atoms. The number of nitrogens with two attached hydrogens (primary N) is 2. The fourth-order valence-corrected chi connectivity index (χ4v) is 1.60. The quantitative estimate of drug-likeness (QED) is 0.514. The molecule has 4 nitrogen and oxygen atoms in total. The molecule has 0 heterocycles. The molecular weight excluding hydrogens is 178 g/mol. The Kier molecular flexibility index (Phi) is 4.16. The molecule has 4 heteroatoms. The summed E-state index contributed by atoms with van der Waals surface area (Å²) in [4.78, 5) is 15.1. The number of carbonyl (C=O) groups is 1. The first-order valence-corrected chi connectivity index (χ1v) is 4.99. The van der Waals surface area contributed by atoms with E-state index in [1.807, 2.05) is 0 Å². The standard InChI is InChI=1S/C10H17N3O/c11-6-8(10(12)14)7-13-9-4-2-1-3-5-9/h6-7,9H,1-5,11H2,(H2,12,14). The molecule has 0 atom stereocenters. The zero-order valence-electron chi connectivity index (χ0n) is 8.28. The van der Waals surface area contributed by atoms with E-state index < -0.39 is 5.91 Å². The monoisotopic (exact) mass is 195 g/mol. The third-order valence-electron chi connectivity index (χ3n) is 2.46. The summed E-state index contributed by atoms with van der Waals surface area (Å²) in [5.41, 5.74) is 10.6. The topological polar surface area (TPSA) is 81.5 Å². The fraction of sp³-hybridized carbons (Fsp3) is 0.600. The Morgan fingerprint density at radius 1 is 1.29 bits per heavy atom. The minimum Gasteiger partial charge on any atom is -0.404 e. The summed E-state index contributed by atoms with van der Waals surface area (Å²) in [5, 5.41) is 0. The predicted octanol–water partition coefficient (Wildman–Crippen LogP) is 0.718. The first kappa shape index (κ1) is 10.8. The molecule has 1 aliphatic carbocycles. The zero-order chi connectivity index (χ0) is 10.4. The summed E-state index contributed by atoms with van der Waals surface area (Å²) in [7, 11) is 0. The minimum absolute atomic E-state index is 0.288. The van der Waals surface area contributed by atoms with Crippen molar-refractivity contribution in [2.24, 2.45) is 16.5 Å². The van der Waals surface area contributed by atoms with Gasteiger partial charge in [0.15, 0.2) is 0 Å². The molecule has 78 valence electrons. The lowest BCUT2D eigenvalue weighted by Crippen LogP contribution is -2.17. The number of rotatable bonds is 3. The first-order chi connectivity index (χ1) is 6.74. The third kappa shape index (κ3) is 3.20. The summed E-state index contributed by atoms with van der Waals surface area (Å²) in [6.07, 6.45) is 8.65. The van der Waals surface area contributed by atoms with Crippen LogP contribution in [0.1, 0.15) is 32.1 Å². The second-order valence-electron chi connectivity index (χ2n) is 3.56. The summed E-state index contributed by atoms with van der Waals surface area (Å²) in [6, 6.07) is 0.345. The van der Waals surface area contributed by atoms with Crippen LogP contribution in [0.2, 0.25) is 0 Å². The molecular formula is C10H17N3O. The highest BCUT2D eigenvalue weighted by molar-refractivity contribution is 6.11. The van der Waals surface area contributed by atoms with Gasteiger partial charge in [-0.25, -0.2) is 0 Å². The Bertz CT molecular complexity index is 252. The van der Waals surface area contributed by atoms with Crippen molar-refractivity contribution in [1.82, 2.24) is 0 Å². The van der Waals surface area contributed by atoms with Gasteiger partial charge in [0.25, 0.3) is 5.91 Å². The lowest BCUT2D eigenvalue weighted by Gasteiger charge is -2.17. The predicted molar refractivity (Wildman–Crippen MR) is 56.8 cm³/mol. The molecule has 0 aromatic rings. The number of aliphatic imine (C=N–C) groups is 1. The molecule has 1 saturated carbocycles. The van der Waals surface area contributed by atoms with Crippen LogP contribution in [0, 0.1) is 0 Å². The molecule has 0 unspecified atom stereocenters. The van der Waals surface area contributed by atoms with Gasteiger partial charge >= 0.3 is 0 Å². The van der Waals surface area contributed by atoms with Crippen molar-refractivity contribution in [3.63, 3.8) is 0 Å². The van der Waals surface area contributed by atoms with Gasteiger partial charge in [-0.3, -0.25) is 9.79 Å². The lowest BCUT2D eigenvalue weighted by atomic mass is 9.96. The highest BCUT2D eigenvalue weighted by Crippen LogP contribution is 2.19. The molecule has 0 aliphatic heterocycles. The van der Waals surface area contributed by atoms with Gasteiger partial charge in [-0.15, -0.1) is 0 Å². The highest BCUT2D eigenvalue weighted by Gasteiger charge is 2.11. The smallest absolute Gasteiger partial charge is 0.251 e. The van der Waals surface area contributed by atoms with Crippen LogP contribution < -0.4 is 11.5 Å². The molecule has 0 aromatic heterocycles. The number of hydrogen-bond donors (Lipinski definition) is 2. The van der Waals surface area contributed by atoms with Crippen molar-refractivity contribution in [1.29, 1.82) is 0 Å². The Labute approximate surface area is 84.1 Å². The second-order valence-corrected chi connectivity index (χ2v) is 3.56. The molecule has 0 aromatic carbocycles. The maximum Gasteiger partial charge on any atom is 0.251 e. The van der Waals surface area contributed by atoms with Crippen molar-refractivity contribution >= 4 is 12.1 Å². The Balaban J connectivity index is 2.48. The van der Waals surface area contributed by atoms with E-state index in [1.54, 1.807) is 0 Å². The van der Waals surface area contributed by atoms with Gasteiger partial charge in [-0.1, -0.05) is 19.3 Å². The lowest BCUT2D eigenvalue weighted by molar-refractivity contribution is -0.114. The molecule has 14 heavy (non-hydrogen) atoms. The maximum atomic E-state index is 10.8. The zero-order valence-corrected chi connectivity index (χ0v) is 8.28. The van der Waals surface area contributed by atoms with Gasteiger partial charge in [0, 0.05) is 18.5 Å². The molecule has 0 radical (unpaired) electrons. The Morgan fingerprint density at radius 3 is 2.43 bits per heavy atom. The average Bonchev–Trinajstić information content (AvgIpc) is 2.20. The van der Waals surface area contributed by atoms with Crippen LogP contribution >= 0.6 is 0 Å². The van der Waals surface area contributed by atoms with Gasteiger partial charge in [0.2, 0.25) is 0 Å². The fourth-order valence-electron chi connectivity index (χ4n) is 1.60. The van der Waals surface area contributed by atoms with E-state index in [9.17, 15) is 4.79 Å². The van der Waals surface area contributed by atoms with Crippen molar-refractivity contribution in [3.05, 3.63) is 11.8 Å². The number of hydrogen-bond acceptors (Lipinski definition) is 3. The number of primary amides is 1. The van der Waals surface area contributed by atoms with Gasteiger partial charge in [0.05, 0.1) is 5.57 Å². The number of carbonyl (C=O) groups excluding carboxylic acids is 1. The van der Waals surface area contributed by atoms with Gasteiger partial charge < -0.3 is 11.5 Å². The van der Waals surface area contributed by atoms with E-state index >= 15 is 0 Å². The number of nitrogens with zero attached hydrogens (tertiary/aromatic N) is 1. The summed E-state index contributed by atoms with van der Waals surface area (Å²) in [5.74, 6) is -0.521. The molecule has 4 N–H and O–H groups in total. The van der Waals surface area contributed by atoms with E-state index in [0.717, 1.165) is 12.8 Å². The molecule has 1 aliphatic rings. The van der Waals surface area contributed by atoms with E-state index in [1.165, 1.54) is 31.7 Å². The maximum absolute atomic E-state index is 10.8. The summed E-state index contributed by atoms with van der Waals surface area (Å²) >= 11 is 0. The third-order valence-corrected chi connectivity index (χ3v) is 2.46. The summed E-state index contributed by atoms with van der Waals surface area (Å²) < 4.78 is 0. The van der Waals surface area contributed by atoms with E-state index in [0.29, 0.717) is 6.04 Å².